The average Bonchev–Trinajstić information content (AvgIpc) is 2.28. The first kappa shape index (κ1) is 10.2. The average molecular weight is 221 g/mol. The molecule has 1 aliphatic heterocycles. The van der Waals surface area contributed by atoms with Crippen LogP contribution in [0.3, 0.4) is 0 Å². The van der Waals surface area contributed by atoms with Crippen molar-refractivity contribution in [2.24, 2.45) is 4.40 Å². The highest BCUT2D eigenvalue weighted by atomic mass is 32.2. The normalized spacial score (nSPS) is 18.3. The summed E-state index contributed by atoms with van der Waals surface area (Å²) in [4.78, 5) is 12.7. The quantitative estimate of drug-likeness (QED) is 0.568. The maximum Gasteiger partial charge on any atom is 0.318 e. The monoisotopic (exact) mass is 221 g/mol. The lowest BCUT2D eigenvalue weighted by Gasteiger charge is -2.17. The summed E-state index contributed by atoms with van der Waals surface area (Å²) < 4.78 is 9.09. The van der Waals surface area contributed by atoms with E-state index < -0.39 is 0 Å². The second-order valence-corrected chi connectivity index (χ2v) is 3.95. The minimum Gasteiger partial charge on any atom is -0.465 e. The summed E-state index contributed by atoms with van der Waals surface area (Å²) in [7, 11) is 0. The van der Waals surface area contributed by atoms with Crippen LogP contribution in [0.4, 0.5) is 0 Å². The Morgan fingerprint density at radius 1 is 1.53 bits per heavy atom. The summed E-state index contributed by atoms with van der Waals surface area (Å²) in [5, 5.41) is 0. The minimum absolute atomic E-state index is 0.228. The molecular formula is C11H11NO2S. The molecule has 0 aliphatic carbocycles. The number of esters is 1. The summed E-state index contributed by atoms with van der Waals surface area (Å²) in [6, 6.07) is 7.76. The van der Waals surface area contributed by atoms with Gasteiger partial charge in [-0.2, -0.15) is 0 Å². The van der Waals surface area contributed by atoms with Crippen LogP contribution in [-0.2, 0) is 9.53 Å². The Morgan fingerprint density at radius 2 is 2.33 bits per heavy atom. The molecule has 1 aromatic rings. The highest BCUT2D eigenvalue weighted by Gasteiger charge is 2.25. The van der Waals surface area contributed by atoms with Gasteiger partial charge in [-0.25, -0.2) is 4.40 Å². The first-order valence-corrected chi connectivity index (χ1v) is 5.56. The van der Waals surface area contributed by atoms with Crippen molar-refractivity contribution >= 4 is 24.1 Å². The van der Waals surface area contributed by atoms with E-state index in [1.165, 1.54) is 11.9 Å². The van der Waals surface area contributed by atoms with Gasteiger partial charge in [0.1, 0.15) is 5.92 Å². The Hall–Kier alpha value is -1.29. The SMILES string of the molecule is CCOC(=O)C1C=NSc2ccccc21. The van der Waals surface area contributed by atoms with E-state index in [1.54, 1.807) is 13.1 Å². The minimum atomic E-state index is -0.345. The molecule has 1 heterocycles. The lowest BCUT2D eigenvalue weighted by molar-refractivity contribution is -0.143. The van der Waals surface area contributed by atoms with Gasteiger partial charge in [0.2, 0.25) is 0 Å². The number of carbonyl (C=O) groups is 1. The number of rotatable bonds is 2. The smallest absolute Gasteiger partial charge is 0.318 e. The third-order valence-corrected chi connectivity index (χ3v) is 2.95. The molecule has 0 saturated heterocycles. The van der Waals surface area contributed by atoms with Crippen molar-refractivity contribution in [3.8, 4) is 0 Å². The van der Waals surface area contributed by atoms with Crippen LogP contribution >= 0.6 is 11.9 Å². The maximum absolute atomic E-state index is 11.6. The largest absolute Gasteiger partial charge is 0.465 e. The number of ether oxygens (including phenoxy) is 1. The predicted octanol–water partition coefficient (Wildman–Crippen LogP) is 2.42. The summed E-state index contributed by atoms with van der Waals surface area (Å²) >= 11 is 1.39. The third kappa shape index (κ3) is 2.04. The van der Waals surface area contributed by atoms with E-state index in [9.17, 15) is 4.79 Å². The fourth-order valence-electron chi connectivity index (χ4n) is 1.47. The van der Waals surface area contributed by atoms with E-state index in [-0.39, 0.29) is 11.9 Å². The van der Waals surface area contributed by atoms with Crippen molar-refractivity contribution in [2.45, 2.75) is 17.7 Å². The molecule has 0 radical (unpaired) electrons. The molecule has 2 rings (SSSR count). The summed E-state index contributed by atoms with van der Waals surface area (Å²) in [5.74, 6) is -0.573. The van der Waals surface area contributed by atoms with Gasteiger partial charge in [-0.3, -0.25) is 4.79 Å². The molecule has 78 valence electrons. The van der Waals surface area contributed by atoms with Gasteiger partial charge in [-0.05, 0) is 18.6 Å². The maximum atomic E-state index is 11.6. The van der Waals surface area contributed by atoms with Crippen molar-refractivity contribution < 1.29 is 9.53 Å². The van der Waals surface area contributed by atoms with Gasteiger partial charge in [-0.15, -0.1) is 0 Å². The van der Waals surface area contributed by atoms with Crippen LogP contribution in [0, 0.1) is 0 Å². The summed E-state index contributed by atoms with van der Waals surface area (Å²) in [5.41, 5.74) is 0.982. The molecule has 1 aromatic carbocycles. The number of hydrogen-bond acceptors (Lipinski definition) is 4. The van der Waals surface area contributed by atoms with Crippen molar-refractivity contribution in [3.05, 3.63) is 29.8 Å². The Bertz CT molecular complexity index is 403. The van der Waals surface area contributed by atoms with E-state index in [0.717, 1.165) is 10.5 Å². The molecule has 0 fully saturated rings. The summed E-state index contributed by atoms with van der Waals surface area (Å²) in [6.45, 7) is 2.21. The van der Waals surface area contributed by atoms with Gasteiger partial charge < -0.3 is 4.74 Å². The van der Waals surface area contributed by atoms with Gasteiger partial charge in [0, 0.05) is 23.1 Å². The number of nitrogens with zero attached hydrogens (tertiary/aromatic N) is 1. The van der Waals surface area contributed by atoms with Crippen LogP contribution in [0.25, 0.3) is 0 Å². The zero-order valence-electron chi connectivity index (χ0n) is 8.34. The van der Waals surface area contributed by atoms with Crippen molar-refractivity contribution in [3.63, 3.8) is 0 Å². The van der Waals surface area contributed by atoms with Gasteiger partial charge in [0.15, 0.2) is 0 Å². The molecule has 0 N–H and O–H groups in total. The Balaban J connectivity index is 2.30. The van der Waals surface area contributed by atoms with Crippen LogP contribution in [0.1, 0.15) is 18.4 Å². The number of benzene rings is 1. The molecule has 0 aromatic heterocycles. The van der Waals surface area contributed by atoms with Crippen LogP contribution in [-0.4, -0.2) is 18.8 Å². The highest BCUT2D eigenvalue weighted by Crippen LogP contribution is 2.33. The summed E-state index contributed by atoms with van der Waals surface area (Å²) in [6.07, 6.45) is 1.64. The van der Waals surface area contributed by atoms with Crippen LogP contribution in [0.15, 0.2) is 33.6 Å². The molecular weight excluding hydrogens is 210 g/mol. The third-order valence-electron chi connectivity index (χ3n) is 2.16. The molecule has 4 heteroatoms. The fraction of sp³-hybridized carbons (Fsp3) is 0.273. The van der Waals surface area contributed by atoms with E-state index in [0.29, 0.717) is 6.61 Å². The standard InChI is InChI=1S/C11H11NO2S/c1-2-14-11(13)9-7-12-15-10-6-4-3-5-8(9)10/h3-7,9H,2H2,1H3. The van der Waals surface area contributed by atoms with Crippen molar-refractivity contribution in [1.82, 2.24) is 0 Å². The van der Waals surface area contributed by atoms with E-state index in [4.69, 9.17) is 4.74 Å². The highest BCUT2D eigenvalue weighted by molar-refractivity contribution is 7.98. The van der Waals surface area contributed by atoms with Gasteiger partial charge in [-0.1, -0.05) is 18.2 Å². The molecule has 0 amide bonds. The topological polar surface area (TPSA) is 38.7 Å². The first-order valence-electron chi connectivity index (χ1n) is 4.79. The van der Waals surface area contributed by atoms with E-state index >= 15 is 0 Å². The Morgan fingerprint density at radius 3 is 3.13 bits per heavy atom. The zero-order chi connectivity index (χ0) is 10.7. The van der Waals surface area contributed by atoms with Crippen molar-refractivity contribution in [2.75, 3.05) is 6.61 Å². The fourth-order valence-corrected chi connectivity index (χ4v) is 2.20. The second kappa shape index (κ2) is 4.49. The first-order chi connectivity index (χ1) is 7.33. The van der Waals surface area contributed by atoms with E-state index in [1.807, 2.05) is 24.3 Å². The number of fused-ring (bicyclic) bond motifs is 1. The van der Waals surface area contributed by atoms with Crippen LogP contribution < -0.4 is 0 Å². The zero-order valence-corrected chi connectivity index (χ0v) is 9.16. The lowest BCUT2D eigenvalue weighted by Crippen LogP contribution is -2.19. The van der Waals surface area contributed by atoms with Crippen LogP contribution in [0.2, 0.25) is 0 Å². The van der Waals surface area contributed by atoms with Crippen LogP contribution in [0.5, 0.6) is 0 Å². The number of carbonyl (C=O) groups excluding carboxylic acids is 1. The molecule has 3 nitrogen and oxygen atoms in total. The van der Waals surface area contributed by atoms with Crippen molar-refractivity contribution in [1.29, 1.82) is 0 Å². The molecule has 1 unspecified atom stereocenters. The predicted molar refractivity (Wildman–Crippen MR) is 60.2 cm³/mol. The molecule has 0 saturated carbocycles. The molecule has 1 atom stereocenters. The lowest BCUT2D eigenvalue weighted by atomic mass is 10.0. The Labute approximate surface area is 92.7 Å². The van der Waals surface area contributed by atoms with Gasteiger partial charge in [0.25, 0.3) is 0 Å². The van der Waals surface area contributed by atoms with Gasteiger partial charge in [0.05, 0.1) is 6.61 Å². The molecule has 0 bridgehead atoms. The Kier molecular flexibility index (Phi) is 3.06. The van der Waals surface area contributed by atoms with E-state index in [2.05, 4.69) is 4.40 Å². The molecule has 0 spiro atoms. The second-order valence-electron chi connectivity index (χ2n) is 3.11. The number of hydrogen-bond donors (Lipinski definition) is 0. The molecule has 1 aliphatic rings. The molecule has 15 heavy (non-hydrogen) atoms. The van der Waals surface area contributed by atoms with Gasteiger partial charge >= 0.3 is 5.97 Å².